The molecule has 1 aromatic rings. The molecule has 4 nitrogen and oxygen atoms in total. The Morgan fingerprint density at radius 3 is 2.70 bits per heavy atom. The lowest BCUT2D eigenvalue weighted by Gasteiger charge is -2.26. The number of amides is 1. The Morgan fingerprint density at radius 2 is 1.91 bits per heavy atom. The number of ether oxygens (including phenoxy) is 1. The van der Waals surface area contributed by atoms with Crippen molar-refractivity contribution in [2.24, 2.45) is 5.92 Å². The molecular formula is C19H26N2O2. The predicted molar refractivity (Wildman–Crippen MR) is 89.0 cm³/mol. The van der Waals surface area contributed by atoms with Crippen molar-refractivity contribution in [1.82, 2.24) is 10.2 Å². The highest BCUT2D eigenvalue weighted by Crippen LogP contribution is 2.44. The van der Waals surface area contributed by atoms with Gasteiger partial charge in [0.05, 0.1) is 5.92 Å². The van der Waals surface area contributed by atoms with Gasteiger partial charge in [-0.2, -0.15) is 0 Å². The summed E-state index contributed by atoms with van der Waals surface area (Å²) < 4.78 is 5.39. The maximum atomic E-state index is 12.9. The van der Waals surface area contributed by atoms with E-state index in [1.807, 2.05) is 0 Å². The van der Waals surface area contributed by atoms with Gasteiger partial charge >= 0.3 is 0 Å². The molecule has 1 aromatic carbocycles. The number of hydrogen-bond acceptors (Lipinski definition) is 3. The molecule has 0 spiro atoms. The van der Waals surface area contributed by atoms with Crippen LogP contribution in [-0.2, 0) is 9.53 Å². The molecule has 1 N–H and O–H groups in total. The number of carbonyl (C=O) groups excluding carboxylic acids is 1. The monoisotopic (exact) mass is 314 g/mol. The number of carbonyl (C=O) groups is 1. The molecule has 1 amide bonds. The summed E-state index contributed by atoms with van der Waals surface area (Å²) >= 11 is 0. The van der Waals surface area contributed by atoms with Crippen LogP contribution in [0.4, 0.5) is 0 Å². The van der Waals surface area contributed by atoms with E-state index in [0.717, 1.165) is 45.4 Å². The third-order valence-corrected chi connectivity index (χ3v) is 5.77. The molecule has 0 bridgehead atoms. The summed E-state index contributed by atoms with van der Waals surface area (Å²) in [6, 6.07) is 11.8. The second kappa shape index (κ2) is 6.62. The fraction of sp³-hybridized carbons (Fsp3) is 0.632. The minimum Gasteiger partial charge on any atom is -0.381 e. The van der Waals surface area contributed by atoms with Crippen LogP contribution in [0.2, 0.25) is 0 Å². The van der Waals surface area contributed by atoms with Crippen molar-refractivity contribution in [2.75, 3.05) is 19.8 Å². The first kappa shape index (κ1) is 15.2. The molecule has 4 rings (SSSR count). The van der Waals surface area contributed by atoms with E-state index >= 15 is 0 Å². The number of benzene rings is 1. The fourth-order valence-electron chi connectivity index (χ4n) is 4.60. The van der Waals surface area contributed by atoms with E-state index < -0.39 is 0 Å². The zero-order valence-electron chi connectivity index (χ0n) is 13.6. The van der Waals surface area contributed by atoms with Gasteiger partial charge in [-0.1, -0.05) is 30.3 Å². The molecule has 124 valence electrons. The SMILES string of the molecule is O=C(NC1CCOCC1)[C@@H]1C[C@H](c2ccccc2)N2CCC[C@@H]12. The lowest BCUT2D eigenvalue weighted by Crippen LogP contribution is -2.44. The van der Waals surface area contributed by atoms with Crippen LogP contribution in [0.3, 0.4) is 0 Å². The number of hydrogen-bond donors (Lipinski definition) is 1. The summed E-state index contributed by atoms with van der Waals surface area (Å²) in [5, 5.41) is 3.30. The van der Waals surface area contributed by atoms with Crippen molar-refractivity contribution in [3.63, 3.8) is 0 Å². The fourth-order valence-corrected chi connectivity index (χ4v) is 4.60. The molecule has 3 heterocycles. The molecule has 0 radical (unpaired) electrons. The second-order valence-electron chi connectivity index (χ2n) is 7.11. The number of rotatable bonds is 3. The highest BCUT2D eigenvalue weighted by Gasteiger charge is 2.47. The van der Waals surface area contributed by atoms with Gasteiger partial charge in [0, 0.05) is 31.3 Å². The molecule has 3 aliphatic heterocycles. The molecule has 3 saturated heterocycles. The molecule has 3 aliphatic rings. The Morgan fingerprint density at radius 1 is 1.13 bits per heavy atom. The van der Waals surface area contributed by atoms with Crippen molar-refractivity contribution in [1.29, 1.82) is 0 Å². The average molecular weight is 314 g/mol. The Bertz CT molecular complexity index is 542. The van der Waals surface area contributed by atoms with Crippen molar-refractivity contribution in [2.45, 2.75) is 50.2 Å². The van der Waals surface area contributed by atoms with Crippen LogP contribution in [0.15, 0.2) is 30.3 Å². The Labute approximate surface area is 138 Å². The van der Waals surface area contributed by atoms with Crippen molar-refractivity contribution < 1.29 is 9.53 Å². The molecule has 4 heteroatoms. The lowest BCUT2D eigenvalue weighted by atomic mass is 9.93. The first-order chi connectivity index (χ1) is 11.3. The summed E-state index contributed by atoms with van der Waals surface area (Å²) in [5.74, 6) is 0.415. The highest BCUT2D eigenvalue weighted by atomic mass is 16.5. The number of nitrogens with zero attached hydrogens (tertiary/aromatic N) is 1. The van der Waals surface area contributed by atoms with Crippen LogP contribution in [-0.4, -0.2) is 42.6 Å². The molecule has 0 saturated carbocycles. The zero-order valence-corrected chi connectivity index (χ0v) is 13.6. The molecule has 0 aliphatic carbocycles. The van der Waals surface area contributed by atoms with Gasteiger partial charge in [-0.15, -0.1) is 0 Å². The predicted octanol–water partition coefficient (Wildman–Crippen LogP) is 2.51. The summed E-state index contributed by atoms with van der Waals surface area (Å²) in [6.07, 6.45) is 5.25. The van der Waals surface area contributed by atoms with Crippen molar-refractivity contribution in [3.8, 4) is 0 Å². The van der Waals surface area contributed by atoms with E-state index in [-0.39, 0.29) is 11.8 Å². The van der Waals surface area contributed by atoms with Gasteiger partial charge in [-0.25, -0.2) is 0 Å². The smallest absolute Gasteiger partial charge is 0.224 e. The first-order valence-corrected chi connectivity index (χ1v) is 9.02. The van der Waals surface area contributed by atoms with Crippen LogP contribution < -0.4 is 5.32 Å². The molecule has 3 atom stereocenters. The maximum absolute atomic E-state index is 12.9. The highest BCUT2D eigenvalue weighted by molar-refractivity contribution is 5.80. The zero-order chi connectivity index (χ0) is 15.6. The van der Waals surface area contributed by atoms with Crippen molar-refractivity contribution >= 4 is 5.91 Å². The van der Waals surface area contributed by atoms with Crippen LogP contribution >= 0.6 is 0 Å². The molecule has 0 aromatic heterocycles. The second-order valence-corrected chi connectivity index (χ2v) is 7.11. The van der Waals surface area contributed by atoms with Gasteiger partial charge in [0.25, 0.3) is 0 Å². The average Bonchev–Trinajstić information content (AvgIpc) is 3.18. The van der Waals surface area contributed by atoms with E-state index in [9.17, 15) is 4.79 Å². The van der Waals surface area contributed by atoms with Gasteiger partial charge in [-0.3, -0.25) is 9.69 Å². The van der Waals surface area contributed by atoms with E-state index in [4.69, 9.17) is 4.74 Å². The Hall–Kier alpha value is -1.39. The summed E-state index contributed by atoms with van der Waals surface area (Å²) in [7, 11) is 0. The van der Waals surface area contributed by atoms with E-state index in [1.165, 1.54) is 12.0 Å². The normalized spacial score (nSPS) is 31.9. The molecule has 0 unspecified atom stereocenters. The van der Waals surface area contributed by atoms with E-state index in [0.29, 0.717) is 18.1 Å². The maximum Gasteiger partial charge on any atom is 0.224 e. The minimum atomic E-state index is 0.144. The van der Waals surface area contributed by atoms with Gasteiger partial charge in [-0.05, 0) is 44.2 Å². The Balaban J connectivity index is 1.47. The van der Waals surface area contributed by atoms with Crippen LogP contribution in [0, 0.1) is 5.92 Å². The third-order valence-electron chi connectivity index (χ3n) is 5.77. The van der Waals surface area contributed by atoms with Crippen LogP contribution in [0.1, 0.15) is 43.7 Å². The largest absolute Gasteiger partial charge is 0.381 e. The lowest BCUT2D eigenvalue weighted by molar-refractivity contribution is -0.126. The summed E-state index contributed by atoms with van der Waals surface area (Å²) in [6.45, 7) is 2.68. The van der Waals surface area contributed by atoms with Gasteiger partial charge in [0.1, 0.15) is 0 Å². The van der Waals surface area contributed by atoms with E-state index in [1.54, 1.807) is 0 Å². The number of nitrogens with one attached hydrogen (secondary N) is 1. The molecule has 23 heavy (non-hydrogen) atoms. The third kappa shape index (κ3) is 3.02. The van der Waals surface area contributed by atoms with Gasteiger partial charge in [0.2, 0.25) is 5.91 Å². The van der Waals surface area contributed by atoms with Crippen LogP contribution in [0.5, 0.6) is 0 Å². The summed E-state index contributed by atoms with van der Waals surface area (Å²) in [5.41, 5.74) is 1.36. The quantitative estimate of drug-likeness (QED) is 0.932. The van der Waals surface area contributed by atoms with Gasteiger partial charge < -0.3 is 10.1 Å². The Kier molecular flexibility index (Phi) is 4.36. The topological polar surface area (TPSA) is 41.6 Å². The standard InChI is InChI=1S/C19H26N2O2/c22-19(20-15-8-11-23-12-9-15)16-13-18(14-5-2-1-3-6-14)21-10-4-7-17(16)21/h1-3,5-6,15-18H,4,7-13H2,(H,20,22)/t16-,17+,18-/m1/s1. The van der Waals surface area contributed by atoms with Gasteiger partial charge in [0.15, 0.2) is 0 Å². The van der Waals surface area contributed by atoms with E-state index in [2.05, 4.69) is 40.5 Å². The first-order valence-electron chi connectivity index (χ1n) is 9.02. The molecule has 3 fully saturated rings. The van der Waals surface area contributed by atoms with Crippen LogP contribution in [0.25, 0.3) is 0 Å². The summed E-state index contributed by atoms with van der Waals surface area (Å²) in [4.78, 5) is 15.4. The number of fused-ring (bicyclic) bond motifs is 1. The van der Waals surface area contributed by atoms with Crippen molar-refractivity contribution in [3.05, 3.63) is 35.9 Å². The molecular weight excluding hydrogens is 288 g/mol. The minimum absolute atomic E-state index is 0.144.